The molecule has 0 aliphatic carbocycles. The van der Waals surface area contributed by atoms with E-state index >= 15 is 0 Å². The molecule has 5 heteroatoms. The van der Waals surface area contributed by atoms with E-state index in [1.54, 1.807) is 11.9 Å². The quantitative estimate of drug-likeness (QED) is 0.921. The SMILES string of the molecule is CCCC1CCN(C(=O)c2ccnc(NC)c2F)CC1. The average molecular weight is 279 g/mol. The number of nitrogens with zero attached hydrogens (tertiary/aromatic N) is 2. The van der Waals surface area contributed by atoms with Gasteiger partial charge in [-0.25, -0.2) is 9.37 Å². The molecule has 20 heavy (non-hydrogen) atoms. The van der Waals surface area contributed by atoms with Crippen LogP contribution in [-0.2, 0) is 0 Å². The molecule has 1 aromatic heterocycles. The zero-order valence-corrected chi connectivity index (χ0v) is 12.2. The lowest BCUT2D eigenvalue weighted by Crippen LogP contribution is -2.38. The Balaban J connectivity index is 2.06. The summed E-state index contributed by atoms with van der Waals surface area (Å²) < 4.78 is 14.1. The Morgan fingerprint density at radius 2 is 2.20 bits per heavy atom. The van der Waals surface area contributed by atoms with E-state index in [1.165, 1.54) is 25.1 Å². The molecule has 1 aliphatic heterocycles. The van der Waals surface area contributed by atoms with Gasteiger partial charge in [-0.2, -0.15) is 0 Å². The van der Waals surface area contributed by atoms with Gasteiger partial charge < -0.3 is 10.2 Å². The van der Waals surface area contributed by atoms with Gasteiger partial charge in [0.1, 0.15) is 0 Å². The summed E-state index contributed by atoms with van der Waals surface area (Å²) in [7, 11) is 1.59. The predicted octanol–water partition coefficient (Wildman–Crippen LogP) is 2.91. The molecule has 4 nitrogen and oxygen atoms in total. The maximum Gasteiger partial charge on any atom is 0.257 e. The summed E-state index contributed by atoms with van der Waals surface area (Å²) in [5.74, 6) is 0.0444. The first kappa shape index (κ1) is 14.8. The second-order valence-electron chi connectivity index (χ2n) is 5.30. The third-order valence-electron chi connectivity index (χ3n) is 3.96. The molecule has 0 spiro atoms. The van der Waals surface area contributed by atoms with Crippen LogP contribution < -0.4 is 5.32 Å². The molecule has 1 saturated heterocycles. The van der Waals surface area contributed by atoms with Crippen LogP contribution in [0, 0.1) is 11.7 Å². The third kappa shape index (κ3) is 3.08. The van der Waals surface area contributed by atoms with E-state index in [0.29, 0.717) is 5.92 Å². The topological polar surface area (TPSA) is 45.2 Å². The van der Waals surface area contributed by atoms with Gasteiger partial charge in [-0.15, -0.1) is 0 Å². The van der Waals surface area contributed by atoms with Gasteiger partial charge in [0.25, 0.3) is 5.91 Å². The van der Waals surface area contributed by atoms with E-state index < -0.39 is 5.82 Å². The zero-order valence-electron chi connectivity index (χ0n) is 12.2. The first-order valence-electron chi connectivity index (χ1n) is 7.28. The number of carbonyl (C=O) groups is 1. The summed E-state index contributed by atoms with van der Waals surface area (Å²) in [5.41, 5.74) is 0.110. The van der Waals surface area contributed by atoms with Gasteiger partial charge in [-0.3, -0.25) is 4.79 Å². The molecule has 0 saturated carbocycles. The first-order chi connectivity index (χ1) is 9.67. The van der Waals surface area contributed by atoms with Gasteiger partial charge in [0.05, 0.1) is 5.56 Å². The number of hydrogen-bond donors (Lipinski definition) is 1. The minimum Gasteiger partial charge on any atom is -0.371 e. The standard InChI is InChI=1S/C15H22FN3O/c1-3-4-11-6-9-19(10-7-11)15(20)12-5-8-18-14(17-2)13(12)16/h5,8,11H,3-4,6-7,9-10H2,1-2H3,(H,17,18). The molecule has 0 aromatic carbocycles. The van der Waals surface area contributed by atoms with E-state index in [9.17, 15) is 9.18 Å². The number of amides is 1. The largest absolute Gasteiger partial charge is 0.371 e. The van der Waals surface area contributed by atoms with Crippen LogP contribution >= 0.6 is 0 Å². The Morgan fingerprint density at radius 1 is 1.50 bits per heavy atom. The lowest BCUT2D eigenvalue weighted by Gasteiger charge is -2.32. The zero-order chi connectivity index (χ0) is 14.5. The number of halogens is 1. The van der Waals surface area contributed by atoms with Crippen molar-refractivity contribution in [2.75, 3.05) is 25.5 Å². The van der Waals surface area contributed by atoms with Gasteiger partial charge in [-0.05, 0) is 24.8 Å². The van der Waals surface area contributed by atoms with Crippen molar-refractivity contribution in [1.82, 2.24) is 9.88 Å². The summed E-state index contributed by atoms with van der Waals surface area (Å²) in [6.45, 7) is 3.63. The lowest BCUT2D eigenvalue weighted by molar-refractivity contribution is 0.0682. The highest BCUT2D eigenvalue weighted by Crippen LogP contribution is 2.24. The molecule has 0 bridgehead atoms. The molecule has 110 valence electrons. The molecule has 1 N–H and O–H groups in total. The minimum absolute atomic E-state index is 0.110. The van der Waals surface area contributed by atoms with E-state index in [-0.39, 0.29) is 17.3 Å². The highest BCUT2D eigenvalue weighted by atomic mass is 19.1. The van der Waals surface area contributed by atoms with Crippen molar-refractivity contribution in [3.8, 4) is 0 Å². The number of pyridine rings is 1. The fourth-order valence-corrected chi connectivity index (χ4v) is 2.79. The summed E-state index contributed by atoms with van der Waals surface area (Å²) >= 11 is 0. The molecule has 1 aliphatic rings. The second kappa shape index (κ2) is 6.68. The highest BCUT2D eigenvalue weighted by molar-refractivity contribution is 5.95. The minimum atomic E-state index is -0.560. The fourth-order valence-electron chi connectivity index (χ4n) is 2.79. The van der Waals surface area contributed by atoms with Gasteiger partial charge in [0.15, 0.2) is 11.6 Å². The van der Waals surface area contributed by atoms with Crippen molar-refractivity contribution in [3.63, 3.8) is 0 Å². The number of likely N-dealkylation sites (tertiary alicyclic amines) is 1. The normalized spacial score (nSPS) is 16.2. The van der Waals surface area contributed by atoms with Crippen LogP contribution in [0.5, 0.6) is 0 Å². The van der Waals surface area contributed by atoms with Gasteiger partial charge in [0.2, 0.25) is 0 Å². The van der Waals surface area contributed by atoms with Crippen LogP contribution in [0.1, 0.15) is 43.0 Å². The number of rotatable bonds is 4. The number of carbonyl (C=O) groups excluding carboxylic acids is 1. The van der Waals surface area contributed by atoms with Crippen LogP contribution in [0.3, 0.4) is 0 Å². The van der Waals surface area contributed by atoms with Crippen molar-refractivity contribution < 1.29 is 9.18 Å². The predicted molar refractivity (Wildman–Crippen MR) is 77.3 cm³/mol. The Kier molecular flexibility index (Phi) is 4.93. The monoisotopic (exact) mass is 279 g/mol. The van der Waals surface area contributed by atoms with Crippen LogP contribution in [0.2, 0.25) is 0 Å². The van der Waals surface area contributed by atoms with Crippen molar-refractivity contribution in [2.45, 2.75) is 32.6 Å². The van der Waals surface area contributed by atoms with E-state index in [1.807, 2.05) is 0 Å². The molecule has 1 aromatic rings. The highest BCUT2D eigenvalue weighted by Gasteiger charge is 2.25. The fraction of sp³-hybridized carbons (Fsp3) is 0.600. The van der Waals surface area contributed by atoms with Crippen molar-refractivity contribution in [2.24, 2.45) is 5.92 Å². The summed E-state index contributed by atoms with van der Waals surface area (Å²) in [6.07, 6.45) is 5.90. The van der Waals surface area contributed by atoms with Gasteiger partial charge in [-0.1, -0.05) is 19.8 Å². The van der Waals surface area contributed by atoms with Crippen LogP contribution in [0.15, 0.2) is 12.3 Å². The summed E-state index contributed by atoms with van der Waals surface area (Å²) in [5, 5.41) is 2.66. The Labute approximate surface area is 119 Å². The number of nitrogens with one attached hydrogen (secondary N) is 1. The molecule has 1 fully saturated rings. The smallest absolute Gasteiger partial charge is 0.257 e. The molecule has 0 unspecified atom stereocenters. The van der Waals surface area contributed by atoms with Crippen LogP contribution in [-0.4, -0.2) is 35.9 Å². The van der Waals surface area contributed by atoms with Crippen molar-refractivity contribution >= 4 is 11.7 Å². The number of hydrogen-bond acceptors (Lipinski definition) is 3. The van der Waals surface area contributed by atoms with E-state index in [4.69, 9.17) is 0 Å². The van der Waals surface area contributed by atoms with Gasteiger partial charge >= 0.3 is 0 Å². The number of anilines is 1. The van der Waals surface area contributed by atoms with Crippen LogP contribution in [0.4, 0.5) is 10.2 Å². The maximum atomic E-state index is 14.1. The molecule has 2 rings (SSSR count). The molecular weight excluding hydrogens is 257 g/mol. The molecular formula is C15H22FN3O. The average Bonchev–Trinajstić information content (AvgIpc) is 2.48. The number of piperidine rings is 1. The summed E-state index contributed by atoms with van der Waals surface area (Å²) in [4.78, 5) is 18.0. The molecule has 1 amide bonds. The van der Waals surface area contributed by atoms with Gasteiger partial charge in [0, 0.05) is 26.3 Å². The first-order valence-corrected chi connectivity index (χ1v) is 7.28. The van der Waals surface area contributed by atoms with E-state index in [0.717, 1.165) is 25.9 Å². The Morgan fingerprint density at radius 3 is 2.80 bits per heavy atom. The molecule has 0 atom stereocenters. The van der Waals surface area contributed by atoms with Crippen molar-refractivity contribution in [1.29, 1.82) is 0 Å². The van der Waals surface area contributed by atoms with Crippen molar-refractivity contribution in [3.05, 3.63) is 23.6 Å². The third-order valence-corrected chi connectivity index (χ3v) is 3.96. The lowest BCUT2D eigenvalue weighted by atomic mass is 9.92. The Bertz CT molecular complexity index is 470. The Hall–Kier alpha value is -1.65. The number of aromatic nitrogens is 1. The molecule has 0 radical (unpaired) electrons. The van der Waals surface area contributed by atoms with Crippen LogP contribution in [0.25, 0.3) is 0 Å². The second-order valence-corrected chi connectivity index (χ2v) is 5.30. The molecule has 2 heterocycles. The summed E-state index contributed by atoms with van der Waals surface area (Å²) in [6, 6.07) is 1.45. The van der Waals surface area contributed by atoms with E-state index in [2.05, 4.69) is 17.2 Å². The maximum absolute atomic E-state index is 14.1.